The summed E-state index contributed by atoms with van der Waals surface area (Å²) in [5, 5.41) is 39.1. The lowest BCUT2D eigenvalue weighted by molar-refractivity contribution is -0.410. The van der Waals surface area contributed by atoms with Crippen LogP contribution in [0.2, 0.25) is 0 Å². The highest BCUT2D eigenvalue weighted by Gasteiger charge is 2.25. The first kappa shape index (κ1) is 12.2. The van der Waals surface area contributed by atoms with Crippen LogP contribution in [0.15, 0.2) is 39.7 Å². The summed E-state index contributed by atoms with van der Waals surface area (Å²) in [6.07, 6.45) is 1.24. The Bertz CT molecular complexity index is 545. The molecule has 1 aliphatic rings. The maximum atomic E-state index is 10.4. The van der Waals surface area contributed by atoms with Gasteiger partial charge in [0.25, 0.3) is 0 Å². The molecule has 1 unspecified atom stereocenters. The van der Waals surface area contributed by atoms with Gasteiger partial charge in [-0.1, -0.05) is 0 Å². The van der Waals surface area contributed by atoms with E-state index in [0.29, 0.717) is 0 Å². The number of phenols is 2. The Labute approximate surface area is 105 Å². The smallest absolute Gasteiger partial charge is 0.322 e. The standard InChI is InChI=1S/C9H8N4O4S/c14-5-1-2-6(7(15)3-5)11-12-9-10-4-8(18-9)13(16)17/h1-4,9-10,14-15H. The van der Waals surface area contributed by atoms with Gasteiger partial charge in [-0.3, -0.25) is 10.1 Å². The van der Waals surface area contributed by atoms with Gasteiger partial charge in [0, 0.05) is 17.8 Å². The van der Waals surface area contributed by atoms with Crippen molar-refractivity contribution in [3.05, 3.63) is 39.5 Å². The largest absolute Gasteiger partial charge is 0.508 e. The van der Waals surface area contributed by atoms with E-state index in [4.69, 9.17) is 5.11 Å². The zero-order valence-electron chi connectivity index (χ0n) is 8.85. The third-order valence-corrected chi connectivity index (χ3v) is 2.95. The molecule has 8 nitrogen and oxygen atoms in total. The number of nitrogens with zero attached hydrogens (tertiary/aromatic N) is 3. The lowest BCUT2D eigenvalue weighted by Gasteiger charge is -2.01. The average Bonchev–Trinajstić information content (AvgIpc) is 2.76. The Hall–Kier alpha value is -2.29. The SMILES string of the molecule is O=[N+]([O-])C1=CNC(N=Nc2ccc(O)cc2O)S1. The van der Waals surface area contributed by atoms with Crippen molar-refractivity contribution < 1.29 is 15.1 Å². The molecule has 2 rings (SSSR count). The molecule has 1 aliphatic heterocycles. The van der Waals surface area contributed by atoms with Gasteiger partial charge in [-0.25, -0.2) is 0 Å². The van der Waals surface area contributed by atoms with Crippen molar-refractivity contribution in [2.75, 3.05) is 0 Å². The predicted molar refractivity (Wildman–Crippen MR) is 63.9 cm³/mol. The zero-order chi connectivity index (χ0) is 13.1. The average molecular weight is 268 g/mol. The fraction of sp³-hybridized carbons (Fsp3) is 0.111. The lowest BCUT2D eigenvalue weighted by atomic mass is 10.3. The van der Waals surface area contributed by atoms with Gasteiger partial charge >= 0.3 is 5.03 Å². The molecule has 0 saturated carbocycles. The quantitative estimate of drug-likeness (QED) is 0.437. The van der Waals surface area contributed by atoms with Crippen LogP contribution < -0.4 is 5.32 Å². The number of nitro groups is 1. The highest BCUT2D eigenvalue weighted by Crippen LogP contribution is 2.32. The van der Waals surface area contributed by atoms with E-state index < -0.39 is 10.4 Å². The number of azo groups is 1. The number of benzene rings is 1. The second-order valence-electron chi connectivity index (χ2n) is 3.27. The number of aromatic hydroxyl groups is 2. The minimum absolute atomic E-state index is 0.0473. The van der Waals surface area contributed by atoms with Crippen molar-refractivity contribution in [2.45, 2.75) is 5.50 Å². The molecule has 0 fully saturated rings. The molecule has 0 aromatic heterocycles. The molecule has 1 heterocycles. The second-order valence-corrected chi connectivity index (χ2v) is 4.37. The van der Waals surface area contributed by atoms with Crippen LogP contribution in [0, 0.1) is 10.1 Å². The molecule has 94 valence electrons. The van der Waals surface area contributed by atoms with Crippen LogP contribution in [0.4, 0.5) is 5.69 Å². The first-order valence-corrected chi connectivity index (χ1v) is 5.64. The van der Waals surface area contributed by atoms with Crippen molar-refractivity contribution in [3.8, 4) is 11.5 Å². The molecule has 0 radical (unpaired) electrons. The van der Waals surface area contributed by atoms with Gasteiger partial charge in [-0.15, -0.1) is 5.11 Å². The van der Waals surface area contributed by atoms with Gasteiger partial charge in [-0.05, 0) is 12.1 Å². The van der Waals surface area contributed by atoms with E-state index in [-0.39, 0.29) is 22.2 Å². The van der Waals surface area contributed by atoms with E-state index in [0.717, 1.165) is 17.8 Å². The molecule has 0 aliphatic carbocycles. The minimum Gasteiger partial charge on any atom is -0.508 e. The van der Waals surface area contributed by atoms with E-state index in [9.17, 15) is 15.2 Å². The predicted octanol–water partition coefficient (Wildman–Crippen LogP) is 1.88. The van der Waals surface area contributed by atoms with Crippen LogP contribution in [0.3, 0.4) is 0 Å². The summed E-state index contributed by atoms with van der Waals surface area (Å²) >= 11 is 0.907. The highest BCUT2D eigenvalue weighted by atomic mass is 32.2. The van der Waals surface area contributed by atoms with Gasteiger partial charge in [0.2, 0.25) is 0 Å². The molecular formula is C9H8N4O4S. The number of nitrogens with one attached hydrogen (secondary N) is 1. The monoisotopic (exact) mass is 268 g/mol. The molecule has 1 aromatic carbocycles. The molecule has 0 amide bonds. The molecular weight excluding hydrogens is 260 g/mol. The van der Waals surface area contributed by atoms with Crippen LogP contribution >= 0.6 is 11.8 Å². The first-order valence-electron chi connectivity index (χ1n) is 4.76. The van der Waals surface area contributed by atoms with Crippen molar-refractivity contribution in [1.82, 2.24) is 5.32 Å². The summed E-state index contributed by atoms with van der Waals surface area (Å²) < 4.78 is 0. The maximum Gasteiger partial charge on any atom is 0.322 e. The van der Waals surface area contributed by atoms with Crippen molar-refractivity contribution in [1.29, 1.82) is 0 Å². The highest BCUT2D eigenvalue weighted by molar-refractivity contribution is 8.03. The van der Waals surface area contributed by atoms with E-state index in [2.05, 4.69) is 15.5 Å². The fourth-order valence-corrected chi connectivity index (χ4v) is 1.87. The van der Waals surface area contributed by atoms with E-state index >= 15 is 0 Å². The van der Waals surface area contributed by atoms with Gasteiger partial charge < -0.3 is 15.5 Å². The van der Waals surface area contributed by atoms with E-state index in [1.165, 1.54) is 18.3 Å². The fourth-order valence-electron chi connectivity index (χ4n) is 1.19. The van der Waals surface area contributed by atoms with Gasteiger partial charge in [0.15, 0.2) is 5.50 Å². The van der Waals surface area contributed by atoms with Crippen LogP contribution in [-0.4, -0.2) is 20.6 Å². The van der Waals surface area contributed by atoms with E-state index in [1.807, 2.05) is 0 Å². The summed E-state index contributed by atoms with van der Waals surface area (Å²) in [5.41, 5.74) is -0.427. The normalized spacial score (nSPS) is 18.7. The molecule has 18 heavy (non-hydrogen) atoms. The zero-order valence-corrected chi connectivity index (χ0v) is 9.66. The summed E-state index contributed by atoms with van der Waals surface area (Å²) in [4.78, 5) is 9.93. The molecule has 1 atom stereocenters. The van der Waals surface area contributed by atoms with Crippen LogP contribution in [0.5, 0.6) is 11.5 Å². The maximum absolute atomic E-state index is 10.4. The number of thioether (sulfide) groups is 1. The van der Waals surface area contributed by atoms with Crippen molar-refractivity contribution >= 4 is 17.4 Å². The molecule has 0 saturated heterocycles. The Balaban J connectivity index is 2.03. The first-order chi connectivity index (χ1) is 8.56. The van der Waals surface area contributed by atoms with Gasteiger partial charge in [0.1, 0.15) is 17.2 Å². The Morgan fingerprint density at radius 2 is 2.22 bits per heavy atom. The number of hydrogen-bond donors (Lipinski definition) is 3. The summed E-state index contributed by atoms with van der Waals surface area (Å²) in [7, 11) is 0. The second kappa shape index (κ2) is 4.92. The summed E-state index contributed by atoms with van der Waals surface area (Å²) in [6, 6.07) is 3.86. The lowest BCUT2D eigenvalue weighted by Crippen LogP contribution is -2.11. The summed E-state index contributed by atoms with van der Waals surface area (Å²) in [5.74, 6) is -0.304. The van der Waals surface area contributed by atoms with Gasteiger partial charge in [0.05, 0.1) is 11.1 Å². The molecule has 9 heteroatoms. The Morgan fingerprint density at radius 1 is 1.44 bits per heavy atom. The Morgan fingerprint density at radius 3 is 2.83 bits per heavy atom. The third kappa shape index (κ3) is 2.69. The van der Waals surface area contributed by atoms with Crippen LogP contribution in [-0.2, 0) is 0 Å². The Kier molecular flexibility index (Phi) is 3.33. The number of rotatable bonds is 3. The van der Waals surface area contributed by atoms with Crippen molar-refractivity contribution in [2.24, 2.45) is 10.2 Å². The van der Waals surface area contributed by atoms with Crippen molar-refractivity contribution in [3.63, 3.8) is 0 Å². The van der Waals surface area contributed by atoms with Crippen LogP contribution in [0.25, 0.3) is 0 Å². The number of hydrogen-bond acceptors (Lipinski definition) is 8. The van der Waals surface area contributed by atoms with Crippen LogP contribution in [0.1, 0.15) is 0 Å². The molecule has 3 N–H and O–H groups in total. The summed E-state index contributed by atoms with van der Waals surface area (Å²) in [6.45, 7) is 0. The number of phenolic OH excluding ortho intramolecular Hbond substituents is 2. The minimum atomic E-state index is -0.599. The molecule has 0 bridgehead atoms. The molecule has 1 aromatic rings. The third-order valence-electron chi connectivity index (χ3n) is 1.99. The molecule has 0 spiro atoms. The van der Waals surface area contributed by atoms with E-state index in [1.54, 1.807) is 0 Å². The van der Waals surface area contributed by atoms with Gasteiger partial charge in [-0.2, -0.15) is 5.11 Å². The topological polar surface area (TPSA) is 120 Å².